The molecule has 1 N–H and O–H groups in total. The van der Waals surface area contributed by atoms with Gasteiger partial charge in [0.05, 0.1) is 10.6 Å². The predicted molar refractivity (Wildman–Crippen MR) is 78.6 cm³/mol. The number of hydrogen-bond acceptors (Lipinski definition) is 4. The van der Waals surface area contributed by atoms with Crippen LogP contribution in [0.2, 0.25) is 5.02 Å². The molecule has 2 heterocycles. The van der Waals surface area contributed by atoms with Crippen LogP contribution in [0.5, 0.6) is 0 Å². The molecule has 1 amide bonds. The highest BCUT2D eigenvalue weighted by atomic mass is 35.5. The topological polar surface area (TPSA) is 72.7 Å². The number of hydrogen-bond donors (Lipinski definition) is 1. The number of rotatable bonds is 3. The number of benzene rings is 1. The third kappa shape index (κ3) is 2.90. The van der Waals surface area contributed by atoms with Gasteiger partial charge in [0.25, 0.3) is 5.91 Å². The van der Waals surface area contributed by atoms with Crippen molar-refractivity contribution < 1.29 is 4.79 Å². The summed E-state index contributed by atoms with van der Waals surface area (Å²) in [6.07, 6.45) is 4.76. The highest BCUT2D eigenvalue weighted by Gasteiger charge is 2.11. The fourth-order valence-electron chi connectivity index (χ4n) is 1.77. The van der Waals surface area contributed by atoms with Gasteiger partial charge < -0.3 is 5.32 Å². The maximum atomic E-state index is 12.2. The summed E-state index contributed by atoms with van der Waals surface area (Å²) in [6, 6.07) is 10.2. The van der Waals surface area contributed by atoms with Crippen LogP contribution in [0.25, 0.3) is 5.82 Å². The molecule has 0 saturated carbocycles. The summed E-state index contributed by atoms with van der Waals surface area (Å²) in [5.41, 5.74) is 0.387. The van der Waals surface area contributed by atoms with E-state index in [1.807, 2.05) is 0 Å². The second kappa shape index (κ2) is 5.72. The third-order valence-corrected chi connectivity index (χ3v) is 3.08. The molecule has 104 valence electrons. The largest absolute Gasteiger partial charge is 0.306 e. The van der Waals surface area contributed by atoms with Crippen molar-refractivity contribution in [2.75, 3.05) is 5.32 Å². The number of aromatic nitrogens is 4. The van der Waals surface area contributed by atoms with Crippen molar-refractivity contribution in [2.24, 2.45) is 0 Å². The summed E-state index contributed by atoms with van der Waals surface area (Å²) >= 11 is 5.99. The van der Waals surface area contributed by atoms with Gasteiger partial charge in [-0.25, -0.2) is 14.6 Å². The molecule has 7 heteroatoms. The van der Waals surface area contributed by atoms with Crippen LogP contribution >= 0.6 is 11.6 Å². The van der Waals surface area contributed by atoms with Crippen LogP contribution in [0, 0.1) is 0 Å². The van der Waals surface area contributed by atoms with E-state index in [4.69, 9.17) is 11.6 Å². The quantitative estimate of drug-likeness (QED) is 0.806. The Balaban J connectivity index is 1.84. The van der Waals surface area contributed by atoms with Gasteiger partial charge >= 0.3 is 0 Å². The van der Waals surface area contributed by atoms with Crippen LogP contribution < -0.4 is 5.32 Å². The van der Waals surface area contributed by atoms with Gasteiger partial charge in [0.2, 0.25) is 0 Å². The minimum atomic E-state index is -0.328. The lowest BCUT2D eigenvalue weighted by molar-refractivity contribution is 0.102. The molecule has 0 fully saturated rings. The summed E-state index contributed by atoms with van der Waals surface area (Å²) in [4.78, 5) is 20.3. The van der Waals surface area contributed by atoms with Gasteiger partial charge in [0.15, 0.2) is 5.82 Å². The van der Waals surface area contributed by atoms with E-state index in [0.29, 0.717) is 22.2 Å². The molecule has 0 saturated heterocycles. The summed E-state index contributed by atoms with van der Waals surface area (Å²) in [5.74, 6) is 0.607. The standard InChI is InChI=1S/C14H10ClN5O/c15-11-5-2-1-4-10(11)14(21)19-12-8-13(17-9-16-12)20-7-3-6-18-20/h1-9H,(H,16,17,19,21). The molecule has 1 aromatic carbocycles. The molecule has 0 radical (unpaired) electrons. The molecule has 0 aliphatic rings. The number of halogens is 1. The zero-order valence-corrected chi connectivity index (χ0v) is 11.5. The van der Waals surface area contributed by atoms with E-state index in [9.17, 15) is 4.79 Å². The Morgan fingerprint density at radius 3 is 2.81 bits per heavy atom. The van der Waals surface area contributed by atoms with Crippen LogP contribution in [-0.2, 0) is 0 Å². The Hall–Kier alpha value is -2.73. The predicted octanol–water partition coefficient (Wildman–Crippen LogP) is 2.57. The van der Waals surface area contributed by atoms with Gasteiger partial charge in [-0.05, 0) is 18.2 Å². The first-order valence-corrected chi connectivity index (χ1v) is 6.50. The van der Waals surface area contributed by atoms with Crippen molar-refractivity contribution in [2.45, 2.75) is 0 Å². The van der Waals surface area contributed by atoms with Crippen LogP contribution in [0.1, 0.15) is 10.4 Å². The van der Waals surface area contributed by atoms with E-state index in [-0.39, 0.29) is 5.91 Å². The van der Waals surface area contributed by atoms with Crippen molar-refractivity contribution in [3.05, 3.63) is 65.7 Å². The molecule has 0 aliphatic carbocycles. The van der Waals surface area contributed by atoms with Gasteiger partial charge in [0, 0.05) is 18.5 Å². The Morgan fingerprint density at radius 1 is 1.19 bits per heavy atom. The first-order valence-electron chi connectivity index (χ1n) is 6.12. The summed E-state index contributed by atoms with van der Waals surface area (Å²) in [7, 11) is 0. The van der Waals surface area contributed by atoms with Gasteiger partial charge in [-0.15, -0.1) is 0 Å². The molecule has 3 aromatic rings. The molecule has 0 bridgehead atoms. The minimum Gasteiger partial charge on any atom is -0.306 e. The van der Waals surface area contributed by atoms with E-state index in [2.05, 4.69) is 20.4 Å². The fourth-order valence-corrected chi connectivity index (χ4v) is 2.00. The van der Waals surface area contributed by atoms with Crippen LogP contribution in [0.4, 0.5) is 5.82 Å². The molecule has 6 nitrogen and oxygen atoms in total. The van der Waals surface area contributed by atoms with Gasteiger partial charge in [-0.1, -0.05) is 23.7 Å². The Kier molecular flexibility index (Phi) is 3.61. The zero-order valence-electron chi connectivity index (χ0n) is 10.8. The lowest BCUT2D eigenvalue weighted by Gasteiger charge is -2.07. The molecule has 3 rings (SSSR count). The van der Waals surface area contributed by atoms with E-state index in [0.717, 1.165) is 0 Å². The number of carbonyl (C=O) groups is 1. The number of anilines is 1. The van der Waals surface area contributed by atoms with Crippen molar-refractivity contribution in [1.82, 2.24) is 19.7 Å². The Bertz CT molecular complexity index is 773. The van der Waals surface area contributed by atoms with Crippen molar-refractivity contribution in [3.8, 4) is 5.82 Å². The van der Waals surface area contributed by atoms with E-state index in [1.165, 1.54) is 6.33 Å². The lowest BCUT2D eigenvalue weighted by atomic mass is 10.2. The average Bonchev–Trinajstić information content (AvgIpc) is 3.02. The molecular formula is C14H10ClN5O. The highest BCUT2D eigenvalue weighted by Crippen LogP contribution is 2.16. The van der Waals surface area contributed by atoms with Crippen molar-refractivity contribution >= 4 is 23.3 Å². The van der Waals surface area contributed by atoms with E-state index in [1.54, 1.807) is 53.5 Å². The number of carbonyl (C=O) groups excluding carboxylic acids is 1. The van der Waals surface area contributed by atoms with Crippen molar-refractivity contribution in [1.29, 1.82) is 0 Å². The number of nitrogens with zero attached hydrogens (tertiary/aromatic N) is 4. The molecule has 0 aliphatic heterocycles. The second-order valence-electron chi connectivity index (χ2n) is 4.15. The summed E-state index contributed by atoms with van der Waals surface area (Å²) < 4.78 is 1.58. The summed E-state index contributed by atoms with van der Waals surface area (Å²) in [5, 5.41) is 7.14. The maximum Gasteiger partial charge on any atom is 0.258 e. The average molecular weight is 300 g/mol. The first-order chi connectivity index (χ1) is 10.2. The molecular weight excluding hydrogens is 290 g/mol. The molecule has 0 spiro atoms. The third-order valence-electron chi connectivity index (χ3n) is 2.75. The van der Waals surface area contributed by atoms with E-state index < -0.39 is 0 Å². The first kappa shape index (κ1) is 13.3. The number of amides is 1. The summed E-state index contributed by atoms with van der Waals surface area (Å²) in [6.45, 7) is 0. The maximum absolute atomic E-state index is 12.2. The van der Waals surface area contributed by atoms with Crippen LogP contribution in [0.15, 0.2) is 55.1 Å². The van der Waals surface area contributed by atoms with Crippen molar-refractivity contribution in [3.63, 3.8) is 0 Å². The Labute approximate surface area is 125 Å². The second-order valence-corrected chi connectivity index (χ2v) is 4.55. The molecule has 0 unspecified atom stereocenters. The van der Waals surface area contributed by atoms with Gasteiger partial charge in [-0.3, -0.25) is 4.79 Å². The normalized spacial score (nSPS) is 10.3. The molecule has 0 atom stereocenters. The number of nitrogens with one attached hydrogen (secondary N) is 1. The lowest BCUT2D eigenvalue weighted by Crippen LogP contribution is -2.14. The fraction of sp³-hybridized carbons (Fsp3) is 0. The SMILES string of the molecule is O=C(Nc1cc(-n2cccn2)ncn1)c1ccccc1Cl. The van der Waals surface area contributed by atoms with Gasteiger partial charge in [-0.2, -0.15) is 5.10 Å². The molecule has 2 aromatic heterocycles. The zero-order chi connectivity index (χ0) is 14.7. The minimum absolute atomic E-state index is 0.328. The molecule has 21 heavy (non-hydrogen) atoms. The monoisotopic (exact) mass is 299 g/mol. The van der Waals surface area contributed by atoms with E-state index >= 15 is 0 Å². The Morgan fingerprint density at radius 2 is 2.05 bits per heavy atom. The van der Waals surface area contributed by atoms with Gasteiger partial charge in [0.1, 0.15) is 12.1 Å². The van der Waals surface area contributed by atoms with Crippen LogP contribution in [-0.4, -0.2) is 25.7 Å². The highest BCUT2D eigenvalue weighted by molar-refractivity contribution is 6.34. The van der Waals surface area contributed by atoms with Crippen LogP contribution in [0.3, 0.4) is 0 Å². The smallest absolute Gasteiger partial charge is 0.258 e.